The van der Waals surface area contributed by atoms with Gasteiger partial charge in [0.1, 0.15) is 17.3 Å². The van der Waals surface area contributed by atoms with Gasteiger partial charge in [0.2, 0.25) is 0 Å². The van der Waals surface area contributed by atoms with Crippen molar-refractivity contribution in [3.63, 3.8) is 0 Å². The predicted molar refractivity (Wildman–Crippen MR) is 119 cm³/mol. The van der Waals surface area contributed by atoms with E-state index < -0.39 is 36.9 Å². The number of benzene rings is 1. The van der Waals surface area contributed by atoms with Crippen molar-refractivity contribution in [2.45, 2.75) is 27.2 Å². The summed E-state index contributed by atoms with van der Waals surface area (Å²) in [6.45, 7) is 4.69. The smallest absolute Gasteiger partial charge is 0.341 e. The van der Waals surface area contributed by atoms with E-state index in [1.807, 2.05) is 13.8 Å². The minimum Gasteiger partial charge on any atom is -0.496 e. The number of esters is 2. The average Bonchev–Trinajstić information content (AvgIpc) is 3.10. The van der Waals surface area contributed by atoms with Crippen molar-refractivity contribution in [3.05, 3.63) is 45.8 Å². The number of carbonyl (C=O) groups excluding carboxylic acids is 4. The minimum atomic E-state index is -0.786. The number of aryl methyl sites for hydroxylation is 1. The van der Waals surface area contributed by atoms with Crippen LogP contribution in [-0.4, -0.2) is 50.6 Å². The second kappa shape index (κ2) is 11.8. The minimum absolute atomic E-state index is 0.211. The van der Waals surface area contributed by atoms with E-state index in [1.165, 1.54) is 18.4 Å². The Hall–Kier alpha value is -3.40. The largest absolute Gasteiger partial charge is 0.496 e. The number of carbonyl (C=O) groups is 4. The fraction of sp³-hybridized carbons (Fsp3) is 0.364. The van der Waals surface area contributed by atoms with Gasteiger partial charge in [0, 0.05) is 4.88 Å². The topological polar surface area (TPSA) is 120 Å². The van der Waals surface area contributed by atoms with Crippen molar-refractivity contribution >= 4 is 40.1 Å². The molecule has 0 radical (unpaired) electrons. The maximum Gasteiger partial charge on any atom is 0.341 e. The van der Waals surface area contributed by atoms with Crippen LogP contribution in [0.3, 0.4) is 0 Å². The van der Waals surface area contributed by atoms with E-state index in [0.29, 0.717) is 22.7 Å². The average molecular weight is 463 g/mol. The number of anilines is 1. The van der Waals surface area contributed by atoms with Crippen LogP contribution in [0.5, 0.6) is 5.75 Å². The van der Waals surface area contributed by atoms with Gasteiger partial charge in [0.05, 0.1) is 24.8 Å². The third-order valence-corrected chi connectivity index (χ3v) is 5.47. The Kier molecular flexibility index (Phi) is 9.21. The maximum absolute atomic E-state index is 12.3. The van der Waals surface area contributed by atoms with E-state index in [2.05, 4.69) is 10.6 Å². The summed E-state index contributed by atoms with van der Waals surface area (Å²) in [5.74, 6) is -2.05. The van der Waals surface area contributed by atoms with Crippen LogP contribution < -0.4 is 15.4 Å². The maximum atomic E-state index is 12.3. The molecule has 0 atom stereocenters. The van der Waals surface area contributed by atoms with Crippen LogP contribution in [0.4, 0.5) is 5.00 Å². The van der Waals surface area contributed by atoms with Crippen LogP contribution >= 0.6 is 11.3 Å². The normalized spacial score (nSPS) is 10.2. The molecule has 1 heterocycles. The zero-order chi connectivity index (χ0) is 23.7. The number of ether oxygens (including phenoxy) is 3. The zero-order valence-electron chi connectivity index (χ0n) is 18.4. The van der Waals surface area contributed by atoms with E-state index >= 15 is 0 Å². The van der Waals surface area contributed by atoms with Gasteiger partial charge in [-0.25, -0.2) is 4.79 Å². The first-order valence-corrected chi connectivity index (χ1v) is 10.8. The predicted octanol–water partition coefficient (Wildman–Crippen LogP) is 2.72. The molecule has 10 heteroatoms. The molecule has 0 aliphatic heterocycles. The molecule has 0 aliphatic carbocycles. The van der Waals surface area contributed by atoms with Gasteiger partial charge < -0.3 is 24.8 Å². The first kappa shape index (κ1) is 24.9. The number of methoxy groups -OCH3 is 1. The molecule has 9 nitrogen and oxygen atoms in total. The van der Waals surface area contributed by atoms with Crippen molar-refractivity contribution in [2.75, 3.05) is 32.2 Å². The Morgan fingerprint density at radius 3 is 2.44 bits per heavy atom. The van der Waals surface area contributed by atoms with Gasteiger partial charge in [0.15, 0.2) is 6.61 Å². The van der Waals surface area contributed by atoms with Crippen LogP contribution in [0, 0.1) is 6.92 Å². The lowest BCUT2D eigenvalue weighted by Crippen LogP contribution is -2.32. The molecule has 2 rings (SSSR count). The number of hydrogen-bond acceptors (Lipinski definition) is 8. The highest BCUT2D eigenvalue weighted by Gasteiger charge is 2.23. The van der Waals surface area contributed by atoms with Gasteiger partial charge in [-0.1, -0.05) is 19.1 Å². The number of hydrogen-bond donors (Lipinski definition) is 2. The van der Waals surface area contributed by atoms with E-state index in [9.17, 15) is 19.2 Å². The summed E-state index contributed by atoms with van der Waals surface area (Å²) in [7, 11) is 1.44. The Balaban J connectivity index is 1.91. The highest BCUT2D eigenvalue weighted by atomic mass is 32.1. The lowest BCUT2D eigenvalue weighted by Gasteiger charge is -2.10. The Morgan fingerprint density at radius 2 is 1.78 bits per heavy atom. The number of rotatable bonds is 10. The van der Waals surface area contributed by atoms with E-state index in [1.54, 1.807) is 31.2 Å². The van der Waals surface area contributed by atoms with Crippen LogP contribution in [-0.2, 0) is 25.5 Å². The lowest BCUT2D eigenvalue weighted by atomic mass is 10.1. The van der Waals surface area contributed by atoms with E-state index in [0.717, 1.165) is 10.4 Å². The van der Waals surface area contributed by atoms with Crippen molar-refractivity contribution in [3.8, 4) is 5.75 Å². The molecule has 32 heavy (non-hydrogen) atoms. The molecule has 0 bridgehead atoms. The van der Waals surface area contributed by atoms with Crippen LogP contribution in [0.15, 0.2) is 24.3 Å². The standard InChI is InChI=1S/C22H26N2O7S/c1-5-14-13(3)32-21(19(14)22(28)30-6-2)24-17(25)12-31-18(26)11-23-20(27)15-9-7-8-10-16(15)29-4/h7-10H,5-6,11-12H2,1-4H3,(H,23,27)(H,24,25). The van der Waals surface area contributed by atoms with Gasteiger partial charge in [-0.05, 0) is 38.0 Å². The summed E-state index contributed by atoms with van der Waals surface area (Å²) < 4.78 is 15.1. The van der Waals surface area contributed by atoms with Crippen LogP contribution in [0.2, 0.25) is 0 Å². The zero-order valence-corrected chi connectivity index (χ0v) is 19.2. The van der Waals surface area contributed by atoms with Crippen molar-refractivity contribution in [2.24, 2.45) is 0 Å². The van der Waals surface area contributed by atoms with Gasteiger partial charge >= 0.3 is 11.9 Å². The van der Waals surface area contributed by atoms with Crippen molar-refractivity contribution < 1.29 is 33.4 Å². The Morgan fingerprint density at radius 1 is 1.06 bits per heavy atom. The molecule has 0 saturated carbocycles. The monoisotopic (exact) mass is 462 g/mol. The molecule has 1 aromatic heterocycles. The highest BCUT2D eigenvalue weighted by molar-refractivity contribution is 7.16. The van der Waals surface area contributed by atoms with Crippen molar-refractivity contribution in [1.29, 1.82) is 0 Å². The fourth-order valence-corrected chi connectivity index (χ4v) is 4.10. The number of nitrogens with one attached hydrogen (secondary N) is 2. The SMILES string of the molecule is CCOC(=O)c1c(NC(=O)COC(=O)CNC(=O)c2ccccc2OC)sc(C)c1CC. The number of thiophene rings is 1. The number of para-hydroxylation sites is 1. The molecule has 2 amide bonds. The number of amides is 2. The molecule has 172 valence electrons. The van der Waals surface area contributed by atoms with E-state index in [-0.39, 0.29) is 12.2 Å². The molecule has 0 saturated heterocycles. The summed E-state index contributed by atoms with van der Waals surface area (Å²) in [6, 6.07) is 6.56. The molecule has 2 N–H and O–H groups in total. The molecular formula is C22H26N2O7S. The lowest BCUT2D eigenvalue weighted by molar-refractivity contribution is -0.146. The van der Waals surface area contributed by atoms with Gasteiger partial charge in [-0.15, -0.1) is 11.3 Å². The molecule has 0 aliphatic rings. The van der Waals surface area contributed by atoms with Crippen molar-refractivity contribution in [1.82, 2.24) is 5.32 Å². The molecule has 0 fully saturated rings. The van der Waals surface area contributed by atoms with Gasteiger partial charge in [-0.3, -0.25) is 14.4 Å². The summed E-state index contributed by atoms with van der Waals surface area (Å²) in [6.07, 6.45) is 0.604. The van der Waals surface area contributed by atoms with E-state index in [4.69, 9.17) is 14.2 Å². The molecule has 0 unspecified atom stereocenters. The fourth-order valence-electron chi connectivity index (χ4n) is 2.95. The third kappa shape index (κ3) is 6.30. The summed E-state index contributed by atoms with van der Waals surface area (Å²) in [4.78, 5) is 49.6. The third-order valence-electron chi connectivity index (χ3n) is 4.40. The highest BCUT2D eigenvalue weighted by Crippen LogP contribution is 2.34. The second-order valence-corrected chi connectivity index (χ2v) is 7.73. The van der Waals surface area contributed by atoms with Crippen LogP contribution in [0.1, 0.15) is 45.0 Å². The first-order valence-electron chi connectivity index (χ1n) is 9.98. The Bertz CT molecular complexity index is 1000. The summed E-state index contributed by atoms with van der Waals surface area (Å²) in [5, 5.41) is 5.37. The first-order chi connectivity index (χ1) is 15.3. The van der Waals surface area contributed by atoms with Gasteiger partial charge in [0.25, 0.3) is 11.8 Å². The molecule has 1 aromatic carbocycles. The second-order valence-electron chi connectivity index (χ2n) is 6.51. The van der Waals surface area contributed by atoms with Crippen LogP contribution in [0.25, 0.3) is 0 Å². The van der Waals surface area contributed by atoms with Gasteiger partial charge in [-0.2, -0.15) is 0 Å². The molecular weight excluding hydrogens is 436 g/mol. The quantitative estimate of drug-likeness (QED) is 0.521. The molecule has 2 aromatic rings. The summed E-state index contributed by atoms with van der Waals surface area (Å²) in [5.41, 5.74) is 1.40. The Labute approximate surface area is 190 Å². The molecule has 0 spiro atoms. The summed E-state index contributed by atoms with van der Waals surface area (Å²) >= 11 is 1.26.